The second kappa shape index (κ2) is 7.45. The number of pyridine rings is 1. The third-order valence-corrected chi connectivity index (χ3v) is 4.46. The van der Waals surface area contributed by atoms with Crippen LogP contribution in [-0.2, 0) is 11.3 Å². The van der Waals surface area contributed by atoms with Crippen molar-refractivity contribution in [2.24, 2.45) is 0 Å². The van der Waals surface area contributed by atoms with Crippen LogP contribution in [0, 0.1) is 6.92 Å². The molecule has 1 amide bonds. The third kappa shape index (κ3) is 3.92. The summed E-state index contributed by atoms with van der Waals surface area (Å²) in [5.41, 5.74) is 2.64. The highest BCUT2D eigenvalue weighted by Gasteiger charge is 2.29. The predicted molar refractivity (Wildman–Crippen MR) is 93.8 cm³/mol. The first-order valence-corrected chi connectivity index (χ1v) is 8.37. The average molecular weight is 325 g/mol. The highest BCUT2D eigenvalue weighted by atomic mass is 16.3. The lowest BCUT2D eigenvalue weighted by Crippen LogP contribution is -2.46. The van der Waals surface area contributed by atoms with Gasteiger partial charge in [0.25, 0.3) is 0 Å². The number of carbonyl (C=O) groups is 1. The van der Waals surface area contributed by atoms with Gasteiger partial charge in [-0.25, -0.2) is 0 Å². The molecule has 2 heterocycles. The van der Waals surface area contributed by atoms with Crippen LogP contribution in [0.4, 0.5) is 5.69 Å². The Hall–Kier alpha value is -2.40. The molecule has 5 nitrogen and oxygen atoms in total. The Kier molecular flexibility index (Phi) is 5.11. The number of aromatic hydroxyl groups is 1. The van der Waals surface area contributed by atoms with Crippen LogP contribution in [0.15, 0.2) is 42.7 Å². The van der Waals surface area contributed by atoms with E-state index in [1.54, 1.807) is 24.5 Å². The van der Waals surface area contributed by atoms with E-state index < -0.39 is 0 Å². The number of hydrogen-bond acceptors (Lipinski definition) is 4. The number of hydrogen-bond donors (Lipinski definition) is 2. The largest absolute Gasteiger partial charge is 0.506 e. The summed E-state index contributed by atoms with van der Waals surface area (Å²) in [4.78, 5) is 19.0. The molecule has 126 valence electrons. The first kappa shape index (κ1) is 16.5. The predicted octanol–water partition coefficient (Wildman–Crippen LogP) is 3.09. The highest BCUT2D eigenvalue weighted by molar-refractivity contribution is 5.96. The molecule has 0 bridgehead atoms. The minimum absolute atomic E-state index is 0.0512. The van der Waals surface area contributed by atoms with E-state index in [0.29, 0.717) is 5.69 Å². The van der Waals surface area contributed by atoms with Gasteiger partial charge in [0.1, 0.15) is 5.75 Å². The lowest BCUT2D eigenvalue weighted by molar-refractivity contribution is -0.122. The number of amides is 1. The minimum Gasteiger partial charge on any atom is -0.506 e. The van der Waals surface area contributed by atoms with E-state index in [1.807, 2.05) is 25.1 Å². The Morgan fingerprint density at radius 2 is 2.08 bits per heavy atom. The summed E-state index contributed by atoms with van der Waals surface area (Å²) in [5.74, 6) is 0.0510. The Morgan fingerprint density at radius 1 is 1.29 bits per heavy atom. The maximum Gasteiger partial charge on any atom is 0.241 e. The number of phenolic OH excluding ortho intramolecular Hbond substituents is 1. The molecule has 2 aromatic rings. The molecular weight excluding hydrogens is 302 g/mol. The average Bonchev–Trinajstić information content (AvgIpc) is 2.59. The van der Waals surface area contributed by atoms with Crippen LogP contribution >= 0.6 is 0 Å². The van der Waals surface area contributed by atoms with Gasteiger partial charge >= 0.3 is 0 Å². The van der Waals surface area contributed by atoms with Crippen molar-refractivity contribution in [1.82, 2.24) is 9.88 Å². The Labute approximate surface area is 142 Å². The van der Waals surface area contributed by atoms with Crippen LogP contribution in [0.1, 0.15) is 30.4 Å². The number of piperidine rings is 1. The van der Waals surface area contributed by atoms with Gasteiger partial charge in [0.15, 0.2) is 0 Å². The third-order valence-electron chi connectivity index (χ3n) is 4.46. The molecule has 1 unspecified atom stereocenters. The summed E-state index contributed by atoms with van der Waals surface area (Å²) in [5, 5.41) is 12.8. The maximum atomic E-state index is 12.8. The molecule has 24 heavy (non-hydrogen) atoms. The van der Waals surface area contributed by atoms with Gasteiger partial charge < -0.3 is 10.4 Å². The van der Waals surface area contributed by atoms with Crippen molar-refractivity contribution in [1.29, 1.82) is 0 Å². The molecule has 5 heteroatoms. The van der Waals surface area contributed by atoms with Crippen molar-refractivity contribution in [3.8, 4) is 5.75 Å². The van der Waals surface area contributed by atoms with Crippen molar-refractivity contribution >= 4 is 11.6 Å². The quantitative estimate of drug-likeness (QED) is 0.848. The second-order valence-electron chi connectivity index (χ2n) is 6.35. The summed E-state index contributed by atoms with van der Waals surface area (Å²) in [6.07, 6.45) is 6.54. The number of aryl methyl sites for hydroxylation is 1. The molecule has 1 atom stereocenters. The van der Waals surface area contributed by atoms with Crippen molar-refractivity contribution in [2.75, 3.05) is 11.9 Å². The van der Waals surface area contributed by atoms with Crippen LogP contribution in [0.25, 0.3) is 0 Å². The Morgan fingerprint density at radius 3 is 2.88 bits per heavy atom. The molecule has 0 spiro atoms. The Bertz CT molecular complexity index is 703. The van der Waals surface area contributed by atoms with Crippen LogP contribution in [0.5, 0.6) is 5.75 Å². The van der Waals surface area contributed by atoms with E-state index in [0.717, 1.165) is 43.5 Å². The number of aromatic nitrogens is 1. The smallest absolute Gasteiger partial charge is 0.241 e. The fourth-order valence-corrected chi connectivity index (χ4v) is 3.17. The monoisotopic (exact) mass is 325 g/mol. The van der Waals surface area contributed by atoms with Gasteiger partial charge in [-0.15, -0.1) is 0 Å². The van der Waals surface area contributed by atoms with Gasteiger partial charge in [-0.2, -0.15) is 0 Å². The number of rotatable bonds is 4. The zero-order valence-corrected chi connectivity index (χ0v) is 13.9. The maximum absolute atomic E-state index is 12.8. The number of nitrogens with zero attached hydrogens (tertiary/aromatic N) is 2. The second-order valence-corrected chi connectivity index (χ2v) is 6.35. The molecule has 1 aromatic heterocycles. The van der Waals surface area contributed by atoms with Gasteiger partial charge in [-0.3, -0.25) is 14.7 Å². The van der Waals surface area contributed by atoms with E-state index in [2.05, 4.69) is 15.2 Å². The summed E-state index contributed by atoms with van der Waals surface area (Å²) < 4.78 is 0. The summed E-state index contributed by atoms with van der Waals surface area (Å²) in [6, 6.07) is 9.02. The van der Waals surface area contributed by atoms with E-state index in [9.17, 15) is 9.90 Å². The van der Waals surface area contributed by atoms with Gasteiger partial charge in [-0.1, -0.05) is 12.5 Å². The zero-order valence-electron chi connectivity index (χ0n) is 13.9. The molecule has 0 aliphatic carbocycles. The molecule has 1 saturated heterocycles. The first-order valence-electron chi connectivity index (χ1n) is 8.37. The fraction of sp³-hybridized carbons (Fsp3) is 0.368. The van der Waals surface area contributed by atoms with Crippen molar-refractivity contribution < 1.29 is 9.90 Å². The Balaban J connectivity index is 1.72. The van der Waals surface area contributed by atoms with Gasteiger partial charge in [-0.05, 0) is 61.7 Å². The number of anilines is 1. The molecule has 0 radical (unpaired) electrons. The fourth-order valence-electron chi connectivity index (χ4n) is 3.17. The molecule has 1 aliphatic heterocycles. The van der Waals surface area contributed by atoms with Crippen LogP contribution in [0.3, 0.4) is 0 Å². The van der Waals surface area contributed by atoms with Crippen molar-refractivity contribution in [3.05, 3.63) is 53.9 Å². The molecule has 0 saturated carbocycles. The van der Waals surface area contributed by atoms with Crippen LogP contribution < -0.4 is 5.32 Å². The first-order chi connectivity index (χ1) is 11.6. The minimum atomic E-state index is -0.174. The highest BCUT2D eigenvalue weighted by Crippen LogP contribution is 2.26. The van der Waals surface area contributed by atoms with Gasteiger partial charge in [0.05, 0.1) is 11.7 Å². The molecule has 1 aromatic carbocycles. The summed E-state index contributed by atoms with van der Waals surface area (Å²) >= 11 is 0. The topological polar surface area (TPSA) is 65.5 Å². The number of phenols is 1. The van der Waals surface area contributed by atoms with E-state index >= 15 is 0 Å². The standard InChI is InChI=1S/C19H23N3O2/c1-14-5-6-18(23)16(12-14)21-19(24)17-4-2-3-11-22(17)13-15-7-9-20-10-8-15/h5-10,12,17,23H,2-4,11,13H2,1H3,(H,21,24). The number of benzene rings is 1. The van der Waals surface area contributed by atoms with Crippen LogP contribution in [0.2, 0.25) is 0 Å². The van der Waals surface area contributed by atoms with Crippen molar-refractivity contribution in [2.45, 2.75) is 38.8 Å². The molecule has 3 rings (SSSR count). The lowest BCUT2D eigenvalue weighted by Gasteiger charge is -2.34. The molecule has 1 aliphatic rings. The van der Waals surface area contributed by atoms with E-state index in [4.69, 9.17) is 0 Å². The lowest BCUT2D eigenvalue weighted by atomic mass is 10.0. The molecule has 1 fully saturated rings. The number of likely N-dealkylation sites (tertiary alicyclic amines) is 1. The normalized spacial score (nSPS) is 18.3. The van der Waals surface area contributed by atoms with Crippen LogP contribution in [-0.4, -0.2) is 33.5 Å². The zero-order chi connectivity index (χ0) is 16.9. The van der Waals surface area contributed by atoms with E-state index in [-0.39, 0.29) is 17.7 Å². The SMILES string of the molecule is Cc1ccc(O)c(NC(=O)C2CCCCN2Cc2ccncc2)c1. The van der Waals surface area contributed by atoms with Crippen molar-refractivity contribution in [3.63, 3.8) is 0 Å². The molecule has 2 N–H and O–H groups in total. The molecular formula is C19H23N3O2. The number of carbonyl (C=O) groups excluding carboxylic acids is 1. The summed E-state index contributed by atoms with van der Waals surface area (Å²) in [6.45, 7) is 3.58. The van der Waals surface area contributed by atoms with Gasteiger partial charge in [0.2, 0.25) is 5.91 Å². The van der Waals surface area contributed by atoms with E-state index in [1.165, 1.54) is 0 Å². The number of nitrogens with one attached hydrogen (secondary N) is 1. The summed E-state index contributed by atoms with van der Waals surface area (Å²) in [7, 11) is 0. The van der Waals surface area contributed by atoms with Gasteiger partial charge in [0, 0.05) is 18.9 Å².